The van der Waals surface area contributed by atoms with Crippen molar-refractivity contribution >= 4 is 0 Å². The fourth-order valence-corrected chi connectivity index (χ4v) is 2.25. The molecule has 0 aliphatic rings. The number of aromatic nitrogens is 1. The average molecular weight is 276 g/mol. The van der Waals surface area contributed by atoms with Crippen LogP contribution in [-0.2, 0) is 0 Å². The van der Waals surface area contributed by atoms with Gasteiger partial charge < -0.3 is 5.32 Å². The molecule has 20 heavy (non-hydrogen) atoms. The van der Waals surface area contributed by atoms with E-state index in [1.54, 1.807) is 31.5 Å². The Morgan fingerprint density at radius 1 is 1.05 bits per heavy atom. The van der Waals surface area contributed by atoms with Crippen molar-refractivity contribution in [3.63, 3.8) is 0 Å². The maximum Gasteiger partial charge on any atom is 0.164 e. The first-order valence-corrected chi connectivity index (χ1v) is 6.64. The van der Waals surface area contributed by atoms with Crippen molar-refractivity contribution in [2.45, 2.75) is 26.8 Å². The molecule has 1 unspecified atom stereocenters. The quantitative estimate of drug-likeness (QED) is 0.921. The van der Waals surface area contributed by atoms with Gasteiger partial charge >= 0.3 is 0 Å². The zero-order chi connectivity index (χ0) is 14.7. The molecule has 0 radical (unpaired) electrons. The van der Waals surface area contributed by atoms with Gasteiger partial charge in [0.2, 0.25) is 0 Å². The van der Waals surface area contributed by atoms with Crippen LogP contribution in [0.2, 0.25) is 0 Å². The summed E-state index contributed by atoms with van der Waals surface area (Å²) in [6.07, 6.45) is 3.38. The van der Waals surface area contributed by atoms with Gasteiger partial charge in [0.25, 0.3) is 0 Å². The van der Waals surface area contributed by atoms with Crippen LogP contribution in [0.5, 0.6) is 0 Å². The highest BCUT2D eigenvalue weighted by Crippen LogP contribution is 2.28. The van der Waals surface area contributed by atoms with Crippen molar-refractivity contribution < 1.29 is 8.78 Å². The summed E-state index contributed by atoms with van der Waals surface area (Å²) >= 11 is 0. The van der Waals surface area contributed by atoms with Gasteiger partial charge in [0.15, 0.2) is 11.6 Å². The van der Waals surface area contributed by atoms with Crippen LogP contribution in [0.15, 0.2) is 30.6 Å². The zero-order valence-electron chi connectivity index (χ0n) is 11.9. The molecular formula is C16H18F2N2. The standard InChI is InChI=1S/C16H18F2N2/c1-4-20-16(13-9-19-8-7-10(13)2)12-6-5-11(3)14(17)15(12)18/h5-9,16,20H,4H2,1-3H3. The lowest BCUT2D eigenvalue weighted by Crippen LogP contribution is -2.24. The third-order valence-corrected chi connectivity index (χ3v) is 3.42. The number of nitrogens with zero attached hydrogens (tertiary/aromatic N) is 1. The lowest BCUT2D eigenvalue weighted by Gasteiger charge is -2.21. The largest absolute Gasteiger partial charge is 0.306 e. The summed E-state index contributed by atoms with van der Waals surface area (Å²) in [4.78, 5) is 4.09. The predicted octanol–water partition coefficient (Wildman–Crippen LogP) is 3.68. The summed E-state index contributed by atoms with van der Waals surface area (Å²) < 4.78 is 28.0. The number of aryl methyl sites for hydroxylation is 2. The van der Waals surface area contributed by atoms with E-state index in [0.717, 1.165) is 11.1 Å². The Balaban J connectivity index is 2.55. The summed E-state index contributed by atoms with van der Waals surface area (Å²) in [6, 6.07) is 4.70. The van der Waals surface area contributed by atoms with E-state index in [-0.39, 0.29) is 0 Å². The van der Waals surface area contributed by atoms with E-state index in [1.807, 2.05) is 19.9 Å². The van der Waals surface area contributed by atoms with Gasteiger partial charge in [-0.1, -0.05) is 19.1 Å². The molecule has 0 bridgehead atoms. The highest BCUT2D eigenvalue weighted by molar-refractivity contribution is 5.37. The fraction of sp³-hybridized carbons (Fsp3) is 0.312. The Hall–Kier alpha value is -1.81. The molecule has 1 aromatic carbocycles. The van der Waals surface area contributed by atoms with E-state index in [1.165, 1.54) is 0 Å². The van der Waals surface area contributed by atoms with Crippen molar-refractivity contribution in [2.24, 2.45) is 0 Å². The normalized spacial score (nSPS) is 12.4. The topological polar surface area (TPSA) is 24.9 Å². The van der Waals surface area contributed by atoms with Crippen LogP contribution in [0, 0.1) is 25.5 Å². The maximum absolute atomic E-state index is 14.2. The number of hydrogen-bond acceptors (Lipinski definition) is 2. The second-order valence-electron chi connectivity index (χ2n) is 4.82. The van der Waals surface area contributed by atoms with Gasteiger partial charge in [-0.05, 0) is 43.1 Å². The second-order valence-corrected chi connectivity index (χ2v) is 4.82. The summed E-state index contributed by atoms with van der Waals surface area (Å²) in [5.74, 6) is -1.58. The molecule has 0 saturated carbocycles. The van der Waals surface area contributed by atoms with Crippen molar-refractivity contribution in [3.8, 4) is 0 Å². The van der Waals surface area contributed by atoms with E-state index in [4.69, 9.17) is 0 Å². The smallest absolute Gasteiger partial charge is 0.164 e. The lowest BCUT2D eigenvalue weighted by atomic mass is 9.95. The predicted molar refractivity (Wildman–Crippen MR) is 75.6 cm³/mol. The number of rotatable bonds is 4. The molecule has 106 valence electrons. The Kier molecular flexibility index (Phi) is 4.45. The van der Waals surface area contributed by atoms with Crippen molar-refractivity contribution in [1.29, 1.82) is 0 Å². The monoisotopic (exact) mass is 276 g/mol. The van der Waals surface area contributed by atoms with Crippen LogP contribution >= 0.6 is 0 Å². The molecule has 0 saturated heterocycles. The highest BCUT2D eigenvalue weighted by atomic mass is 19.2. The van der Waals surface area contributed by atoms with E-state index in [9.17, 15) is 8.78 Å². The van der Waals surface area contributed by atoms with Gasteiger partial charge in [-0.15, -0.1) is 0 Å². The van der Waals surface area contributed by atoms with Gasteiger partial charge in [-0.2, -0.15) is 0 Å². The van der Waals surface area contributed by atoms with Crippen LogP contribution in [0.25, 0.3) is 0 Å². The van der Waals surface area contributed by atoms with Gasteiger partial charge in [-0.3, -0.25) is 4.98 Å². The molecule has 0 aliphatic heterocycles. The molecule has 0 aliphatic carbocycles. The number of benzene rings is 1. The summed E-state index contributed by atoms with van der Waals surface area (Å²) in [6.45, 7) is 6.07. The molecule has 2 nitrogen and oxygen atoms in total. The van der Waals surface area contributed by atoms with Crippen LogP contribution in [0.4, 0.5) is 8.78 Å². The van der Waals surface area contributed by atoms with Crippen molar-refractivity contribution in [2.75, 3.05) is 6.54 Å². The van der Waals surface area contributed by atoms with E-state index in [2.05, 4.69) is 10.3 Å². The first-order chi connectivity index (χ1) is 9.56. The number of halogens is 2. The van der Waals surface area contributed by atoms with Crippen LogP contribution in [-0.4, -0.2) is 11.5 Å². The zero-order valence-corrected chi connectivity index (χ0v) is 11.9. The molecule has 0 spiro atoms. The second kappa shape index (κ2) is 6.09. The first kappa shape index (κ1) is 14.6. The molecule has 1 atom stereocenters. The van der Waals surface area contributed by atoms with Gasteiger partial charge in [0, 0.05) is 18.0 Å². The first-order valence-electron chi connectivity index (χ1n) is 6.64. The Bertz CT molecular complexity index is 611. The Morgan fingerprint density at radius 3 is 2.45 bits per heavy atom. The molecule has 2 aromatic rings. The SMILES string of the molecule is CCNC(c1cnccc1C)c1ccc(C)c(F)c1F. The van der Waals surface area contributed by atoms with Crippen molar-refractivity contribution in [3.05, 3.63) is 64.5 Å². The van der Waals surface area contributed by atoms with Gasteiger partial charge in [0.05, 0.1) is 6.04 Å². The lowest BCUT2D eigenvalue weighted by molar-refractivity contribution is 0.478. The highest BCUT2D eigenvalue weighted by Gasteiger charge is 2.21. The molecule has 0 amide bonds. The molecule has 2 rings (SSSR count). The number of hydrogen-bond donors (Lipinski definition) is 1. The molecular weight excluding hydrogens is 258 g/mol. The van der Waals surface area contributed by atoms with Crippen LogP contribution < -0.4 is 5.32 Å². The average Bonchev–Trinajstić information content (AvgIpc) is 2.44. The Labute approximate surface area is 117 Å². The third-order valence-electron chi connectivity index (χ3n) is 3.42. The van der Waals surface area contributed by atoms with E-state index >= 15 is 0 Å². The molecule has 1 heterocycles. The minimum atomic E-state index is -0.792. The van der Waals surface area contributed by atoms with Crippen molar-refractivity contribution in [1.82, 2.24) is 10.3 Å². The van der Waals surface area contributed by atoms with E-state index in [0.29, 0.717) is 17.7 Å². The number of nitrogens with one attached hydrogen (secondary N) is 1. The van der Waals surface area contributed by atoms with E-state index < -0.39 is 17.7 Å². The molecule has 1 aromatic heterocycles. The molecule has 4 heteroatoms. The van der Waals surface area contributed by atoms with Crippen LogP contribution in [0.1, 0.15) is 35.2 Å². The molecule has 0 fully saturated rings. The summed E-state index contributed by atoms with van der Waals surface area (Å²) in [5.41, 5.74) is 2.47. The van der Waals surface area contributed by atoms with Gasteiger partial charge in [-0.25, -0.2) is 8.78 Å². The Morgan fingerprint density at radius 2 is 1.80 bits per heavy atom. The fourth-order valence-electron chi connectivity index (χ4n) is 2.25. The minimum Gasteiger partial charge on any atom is -0.306 e. The molecule has 1 N–H and O–H groups in total. The maximum atomic E-state index is 14.2. The summed E-state index contributed by atoms with van der Waals surface area (Å²) in [7, 11) is 0. The summed E-state index contributed by atoms with van der Waals surface area (Å²) in [5, 5.41) is 3.20. The minimum absolute atomic E-state index is 0.310. The third kappa shape index (κ3) is 2.70. The van der Waals surface area contributed by atoms with Gasteiger partial charge in [0.1, 0.15) is 0 Å². The number of pyridine rings is 1. The van der Waals surface area contributed by atoms with Crippen LogP contribution in [0.3, 0.4) is 0 Å².